The van der Waals surface area contributed by atoms with Crippen LogP contribution in [0.1, 0.15) is 54.8 Å². The minimum Gasteiger partial charge on any atom is -0.469 e. The van der Waals surface area contributed by atoms with Gasteiger partial charge in [0.1, 0.15) is 5.76 Å². The van der Waals surface area contributed by atoms with Crippen molar-refractivity contribution in [1.82, 2.24) is 10.6 Å². The van der Waals surface area contributed by atoms with Crippen LogP contribution in [0.15, 0.2) is 47.1 Å². The zero-order valence-corrected chi connectivity index (χ0v) is 16.6. The Morgan fingerprint density at radius 3 is 2.57 bits per heavy atom. The number of hydrogen-bond acceptors (Lipinski definition) is 4. The number of carbonyl (C=O) groups is 2. The lowest BCUT2D eigenvalue weighted by Crippen LogP contribution is -2.42. The average Bonchev–Trinajstić information content (AvgIpc) is 3.30. The average molecular weight is 384 g/mol. The molecule has 0 radical (unpaired) electrons. The third kappa shape index (κ3) is 5.45. The van der Waals surface area contributed by atoms with Crippen LogP contribution in [-0.2, 0) is 16.1 Å². The second-order valence-corrected chi connectivity index (χ2v) is 7.64. The molecule has 1 saturated carbocycles. The Balaban J connectivity index is 1.40. The summed E-state index contributed by atoms with van der Waals surface area (Å²) in [4.78, 5) is 24.6. The van der Waals surface area contributed by atoms with Crippen LogP contribution in [0.25, 0.3) is 0 Å². The monoisotopic (exact) mass is 384 g/mol. The number of rotatable bonds is 9. The molecule has 1 aliphatic rings. The van der Waals surface area contributed by atoms with Gasteiger partial charge in [0.05, 0.1) is 19.0 Å². The molecule has 3 rings (SSSR count). The fourth-order valence-electron chi connectivity index (χ4n) is 3.07. The van der Waals surface area contributed by atoms with E-state index >= 15 is 0 Å². The normalized spacial score (nSPS) is 19.3. The summed E-state index contributed by atoms with van der Waals surface area (Å²) in [5, 5.41) is 5.83. The van der Waals surface area contributed by atoms with Gasteiger partial charge in [0.15, 0.2) is 0 Å². The van der Waals surface area contributed by atoms with Crippen molar-refractivity contribution in [2.75, 3.05) is 6.54 Å². The molecule has 6 nitrogen and oxygen atoms in total. The molecular weight excluding hydrogens is 356 g/mol. The largest absolute Gasteiger partial charge is 0.469 e. The van der Waals surface area contributed by atoms with Crippen molar-refractivity contribution >= 4 is 11.8 Å². The molecule has 6 heteroatoms. The highest BCUT2D eigenvalue weighted by Gasteiger charge is 2.46. The molecule has 1 aromatic heterocycles. The van der Waals surface area contributed by atoms with Crippen molar-refractivity contribution in [2.24, 2.45) is 5.92 Å². The Morgan fingerprint density at radius 1 is 1.18 bits per heavy atom. The Bertz CT molecular complexity index is 783. The minimum atomic E-state index is -0.155. The van der Waals surface area contributed by atoms with Crippen molar-refractivity contribution in [3.8, 4) is 0 Å². The lowest BCUT2D eigenvalue weighted by molar-refractivity contribution is -0.123. The topological polar surface area (TPSA) is 80.6 Å². The number of benzene rings is 1. The van der Waals surface area contributed by atoms with Crippen molar-refractivity contribution < 1.29 is 18.7 Å². The van der Waals surface area contributed by atoms with E-state index in [9.17, 15) is 9.59 Å². The molecule has 150 valence electrons. The third-order valence-electron chi connectivity index (χ3n) is 4.79. The molecule has 3 atom stereocenters. The standard InChI is InChI=1S/C22H28N2O4/c1-14(2)28-13-16-6-8-17(9-7-16)21(25)23-12-15(3)24-22(26)19-11-18(19)20-5-4-10-27-20/h4-10,14-15,18-19H,11-13H2,1-3H3,(H,23,25)(H,24,26)/t15?,18-,19-/m1/s1. The summed E-state index contributed by atoms with van der Waals surface area (Å²) in [6.45, 7) is 6.77. The second kappa shape index (κ2) is 9.06. The molecule has 0 bridgehead atoms. The van der Waals surface area contributed by atoms with Gasteiger partial charge in [-0.15, -0.1) is 0 Å². The first-order valence-electron chi connectivity index (χ1n) is 9.76. The van der Waals surface area contributed by atoms with Gasteiger partial charge < -0.3 is 19.8 Å². The first-order chi connectivity index (χ1) is 13.4. The molecule has 1 unspecified atom stereocenters. The zero-order chi connectivity index (χ0) is 20.1. The van der Waals surface area contributed by atoms with Crippen LogP contribution in [0.3, 0.4) is 0 Å². The van der Waals surface area contributed by atoms with Gasteiger partial charge in [-0.25, -0.2) is 0 Å². The molecule has 1 heterocycles. The minimum absolute atomic E-state index is 0.0117. The van der Waals surface area contributed by atoms with Gasteiger partial charge in [-0.1, -0.05) is 12.1 Å². The quantitative estimate of drug-likeness (QED) is 0.695. The van der Waals surface area contributed by atoms with Crippen LogP contribution in [0.2, 0.25) is 0 Å². The summed E-state index contributed by atoms with van der Waals surface area (Å²) in [7, 11) is 0. The van der Waals surface area contributed by atoms with E-state index in [4.69, 9.17) is 9.15 Å². The van der Waals surface area contributed by atoms with E-state index in [1.165, 1.54) is 0 Å². The van der Waals surface area contributed by atoms with Crippen LogP contribution in [0.5, 0.6) is 0 Å². The van der Waals surface area contributed by atoms with E-state index in [0.717, 1.165) is 17.7 Å². The van der Waals surface area contributed by atoms with Crippen molar-refractivity contribution in [2.45, 2.75) is 51.9 Å². The molecular formula is C22H28N2O4. The highest BCUT2D eigenvalue weighted by Crippen LogP contribution is 2.47. The summed E-state index contributed by atoms with van der Waals surface area (Å²) in [6, 6.07) is 11.0. The van der Waals surface area contributed by atoms with Crippen LogP contribution >= 0.6 is 0 Å². The number of hydrogen-bond donors (Lipinski definition) is 2. The first kappa shape index (κ1) is 20.1. The zero-order valence-electron chi connectivity index (χ0n) is 16.6. The maximum Gasteiger partial charge on any atom is 0.251 e. The van der Waals surface area contributed by atoms with Crippen LogP contribution in [0.4, 0.5) is 0 Å². The lowest BCUT2D eigenvalue weighted by Gasteiger charge is -2.15. The Labute approximate surface area is 165 Å². The van der Waals surface area contributed by atoms with Crippen molar-refractivity contribution in [3.63, 3.8) is 0 Å². The lowest BCUT2D eigenvalue weighted by atomic mass is 10.1. The van der Waals surface area contributed by atoms with Gasteiger partial charge in [-0.05, 0) is 57.0 Å². The van der Waals surface area contributed by atoms with E-state index in [-0.39, 0.29) is 35.8 Å². The first-order valence-corrected chi connectivity index (χ1v) is 9.76. The second-order valence-electron chi connectivity index (χ2n) is 7.64. The number of nitrogens with one attached hydrogen (secondary N) is 2. The summed E-state index contributed by atoms with van der Waals surface area (Å²) in [6.07, 6.45) is 2.61. The number of furan rings is 1. The van der Waals surface area contributed by atoms with Gasteiger partial charge in [0.25, 0.3) is 5.91 Å². The fourth-order valence-corrected chi connectivity index (χ4v) is 3.07. The summed E-state index contributed by atoms with van der Waals surface area (Å²) in [5.41, 5.74) is 1.62. The smallest absolute Gasteiger partial charge is 0.251 e. The van der Waals surface area contributed by atoms with Gasteiger partial charge in [0.2, 0.25) is 5.91 Å². The summed E-state index contributed by atoms with van der Waals surface area (Å²) >= 11 is 0. The molecule has 1 aromatic carbocycles. The summed E-state index contributed by atoms with van der Waals surface area (Å²) in [5.74, 6) is 0.859. The van der Waals surface area contributed by atoms with Crippen molar-refractivity contribution in [3.05, 3.63) is 59.5 Å². The predicted octanol–water partition coefficient (Wildman–Crippen LogP) is 3.24. The van der Waals surface area contributed by atoms with Gasteiger partial charge >= 0.3 is 0 Å². The van der Waals surface area contributed by atoms with Crippen LogP contribution in [-0.4, -0.2) is 30.5 Å². The fraction of sp³-hybridized carbons (Fsp3) is 0.455. The molecule has 2 N–H and O–H groups in total. The predicted molar refractivity (Wildman–Crippen MR) is 106 cm³/mol. The molecule has 1 fully saturated rings. The van der Waals surface area contributed by atoms with Crippen molar-refractivity contribution in [1.29, 1.82) is 0 Å². The molecule has 2 aromatic rings. The van der Waals surface area contributed by atoms with E-state index < -0.39 is 0 Å². The molecule has 2 amide bonds. The van der Waals surface area contributed by atoms with E-state index in [0.29, 0.717) is 18.7 Å². The number of carbonyl (C=O) groups excluding carboxylic acids is 2. The molecule has 0 spiro atoms. The van der Waals surface area contributed by atoms with Gasteiger partial charge in [-0.2, -0.15) is 0 Å². The third-order valence-corrected chi connectivity index (χ3v) is 4.79. The van der Waals surface area contributed by atoms with E-state index in [2.05, 4.69) is 10.6 Å². The maximum absolute atomic E-state index is 12.3. The van der Waals surface area contributed by atoms with E-state index in [1.54, 1.807) is 18.4 Å². The Hall–Kier alpha value is -2.60. The maximum atomic E-state index is 12.3. The Kier molecular flexibility index (Phi) is 6.52. The van der Waals surface area contributed by atoms with Gasteiger partial charge in [0, 0.05) is 30.0 Å². The molecule has 1 aliphatic carbocycles. The highest BCUT2D eigenvalue weighted by molar-refractivity contribution is 5.94. The number of amides is 2. The SMILES string of the molecule is CC(CNC(=O)c1ccc(COC(C)C)cc1)NC(=O)[C@@H]1C[C@H]1c1ccco1. The molecule has 28 heavy (non-hydrogen) atoms. The molecule has 0 aliphatic heterocycles. The molecule has 0 saturated heterocycles. The van der Waals surface area contributed by atoms with Crippen LogP contribution in [0, 0.1) is 5.92 Å². The van der Waals surface area contributed by atoms with Crippen LogP contribution < -0.4 is 10.6 Å². The Morgan fingerprint density at radius 2 is 1.93 bits per heavy atom. The summed E-state index contributed by atoms with van der Waals surface area (Å²) < 4.78 is 10.9. The van der Waals surface area contributed by atoms with Gasteiger partial charge in [-0.3, -0.25) is 9.59 Å². The highest BCUT2D eigenvalue weighted by atomic mass is 16.5. The number of ether oxygens (including phenoxy) is 1. The van der Waals surface area contributed by atoms with E-state index in [1.807, 2.05) is 45.0 Å².